The Morgan fingerprint density at radius 3 is 2.38 bits per heavy atom. The second-order valence-corrected chi connectivity index (χ2v) is 3.98. The number of rotatable bonds is 4. The molecule has 13 heavy (non-hydrogen) atoms. The van der Waals surface area contributed by atoms with Gasteiger partial charge in [0.2, 0.25) is 0 Å². The number of esters is 1. The summed E-state index contributed by atoms with van der Waals surface area (Å²) in [5.74, 6) is -0.146. The van der Waals surface area contributed by atoms with Gasteiger partial charge >= 0.3 is 5.97 Å². The number of allylic oxidation sites excluding steroid dienone is 2. The van der Waals surface area contributed by atoms with Crippen LogP contribution >= 0.6 is 0 Å². The fraction of sp³-hybridized carbons (Fsp3) is 0.727. The minimum absolute atomic E-state index is 0.146. The van der Waals surface area contributed by atoms with E-state index in [9.17, 15) is 4.79 Å². The lowest BCUT2D eigenvalue weighted by Crippen LogP contribution is -2.24. The maximum atomic E-state index is 11.3. The van der Waals surface area contributed by atoms with Crippen LogP contribution in [-0.4, -0.2) is 13.1 Å². The zero-order chi connectivity index (χ0) is 10.5. The molecule has 0 aromatic carbocycles. The van der Waals surface area contributed by atoms with Crippen molar-refractivity contribution < 1.29 is 9.53 Å². The van der Waals surface area contributed by atoms with Gasteiger partial charge in [-0.25, -0.2) is 0 Å². The third-order valence-electron chi connectivity index (χ3n) is 2.26. The predicted molar refractivity (Wildman–Crippen MR) is 54.5 cm³/mol. The Labute approximate surface area is 81.0 Å². The molecular formula is C11H20O2. The van der Waals surface area contributed by atoms with E-state index in [0.29, 0.717) is 0 Å². The molecule has 0 amide bonds. The Hall–Kier alpha value is -0.790. The average molecular weight is 184 g/mol. The molecule has 0 bridgehead atoms. The largest absolute Gasteiger partial charge is 0.469 e. The SMILES string of the molecule is CCC(C)=CCC(C)(C)C(=O)OC. The van der Waals surface area contributed by atoms with Crippen LogP contribution in [0.3, 0.4) is 0 Å². The zero-order valence-corrected chi connectivity index (χ0v) is 9.31. The van der Waals surface area contributed by atoms with Crippen LogP contribution in [0.5, 0.6) is 0 Å². The molecule has 0 heterocycles. The Morgan fingerprint density at radius 2 is 2.00 bits per heavy atom. The molecule has 0 saturated heterocycles. The molecule has 0 aromatic heterocycles. The third-order valence-corrected chi connectivity index (χ3v) is 2.26. The Balaban J connectivity index is 4.26. The fourth-order valence-electron chi connectivity index (χ4n) is 0.933. The molecule has 0 rings (SSSR count). The van der Waals surface area contributed by atoms with Gasteiger partial charge in [-0.1, -0.05) is 18.6 Å². The van der Waals surface area contributed by atoms with Crippen LogP contribution in [0.4, 0.5) is 0 Å². The zero-order valence-electron chi connectivity index (χ0n) is 9.31. The van der Waals surface area contributed by atoms with E-state index in [-0.39, 0.29) is 5.97 Å². The molecule has 2 nitrogen and oxygen atoms in total. The van der Waals surface area contributed by atoms with Crippen LogP contribution in [0.15, 0.2) is 11.6 Å². The highest BCUT2D eigenvalue weighted by Crippen LogP contribution is 2.23. The van der Waals surface area contributed by atoms with Gasteiger partial charge in [-0.15, -0.1) is 0 Å². The maximum absolute atomic E-state index is 11.3. The van der Waals surface area contributed by atoms with Crippen molar-refractivity contribution in [2.75, 3.05) is 7.11 Å². The molecule has 0 unspecified atom stereocenters. The summed E-state index contributed by atoms with van der Waals surface area (Å²) >= 11 is 0. The van der Waals surface area contributed by atoms with Crippen molar-refractivity contribution in [3.63, 3.8) is 0 Å². The van der Waals surface area contributed by atoms with Crippen molar-refractivity contribution in [1.29, 1.82) is 0 Å². The standard InChI is InChI=1S/C11H20O2/c1-6-9(2)7-8-11(3,4)10(12)13-5/h7H,6,8H2,1-5H3. The predicted octanol–water partition coefficient (Wildman–Crippen LogP) is 2.93. The monoisotopic (exact) mass is 184 g/mol. The van der Waals surface area contributed by atoms with Crippen LogP contribution in [-0.2, 0) is 9.53 Å². The molecule has 0 fully saturated rings. The van der Waals surface area contributed by atoms with Gasteiger partial charge in [0, 0.05) is 0 Å². The summed E-state index contributed by atoms with van der Waals surface area (Å²) in [5, 5.41) is 0. The van der Waals surface area contributed by atoms with Gasteiger partial charge in [-0.05, 0) is 33.6 Å². The van der Waals surface area contributed by atoms with E-state index in [1.54, 1.807) is 0 Å². The summed E-state index contributed by atoms with van der Waals surface area (Å²) in [6, 6.07) is 0. The summed E-state index contributed by atoms with van der Waals surface area (Å²) in [4.78, 5) is 11.3. The second-order valence-electron chi connectivity index (χ2n) is 3.98. The normalized spacial score (nSPS) is 12.8. The molecule has 0 aliphatic carbocycles. The molecular weight excluding hydrogens is 164 g/mol. The van der Waals surface area contributed by atoms with Gasteiger partial charge in [0.05, 0.1) is 12.5 Å². The molecule has 0 aliphatic heterocycles. The van der Waals surface area contributed by atoms with Gasteiger partial charge in [0.15, 0.2) is 0 Å². The lowest BCUT2D eigenvalue weighted by molar-refractivity contribution is -0.150. The number of carbonyl (C=O) groups excluding carboxylic acids is 1. The lowest BCUT2D eigenvalue weighted by atomic mass is 9.88. The van der Waals surface area contributed by atoms with E-state index in [1.807, 2.05) is 13.8 Å². The van der Waals surface area contributed by atoms with E-state index in [1.165, 1.54) is 12.7 Å². The molecule has 0 radical (unpaired) electrons. The molecule has 0 aromatic rings. The molecule has 2 heteroatoms. The van der Waals surface area contributed by atoms with Gasteiger partial charge in [-0.3, -0.25) is 4.79 Å². The van der Waals surface area contributed by atoms with Crippen molar-refractivity contribution in [1.82, 2.24) is 0 Å². The number of ether oxygens (including phenoxy) is 1. The molecule has 76 valence electrons. The number of carbonyl (C=O) groups is 1. The van der Waals surface area contributed by atoms with E-state index in [0.717, 1.165) is 12.8 Å². The first kappa shape index (κ1) is 12.2. The number of hydrogen-bond acceptors (Lipinski definition) is 2. The highest BCUT2D eigenvalue weighted by Gasteiger charge is 2.26. The summed E-state index contributed by atoms with van der Waals surface area (Å²) in [6.45, 7) is 7.99. The van der Waals surface area contributed by atoms with Gasteiger partial charge in [0.25, 0.3) is 0 Å². The smallest absolute Gasteiger partial charge is 0.311 e. The van der Waals surface area contributed by atoms with Crippen LogP contribution in [0.25, 0.3) is 0 Å². The average Bonchev–Trinajstić information content (AvgIpc) is 2.12. The Kier molecular flexibility index (Phi) is 4.74. The number of methoxy groups -OCH3 is 1. The first-order chi connectivity index (χ1) is 5.94. The summed E-state index contributed by atoms with van der Waals surface area (Å²) in [7, 11) is 1.43. The van der Waals surface area contributed by atoms with Crippen molar-refractivity contribution in [3.8, 4) is 0 Å². The van der Waals surface area contributed by atoms with Crippen molar-refractivity contribution in [3.05, 3.63) is 11.6 Å². The van der Waals surface area contributed by atoms with Crippen LogP contribution in [0, 0.1) is 5.41 Å². The Morgan fingerprint density at radius 1 is 1.46 bits per heavy atom. The van der Waals surface area contributed by atoms with Gasteiger partial charge in [0.1, 0.15) is 0 Å². The van der Waals surface area contributed by atoms with E-state index < -0.39 is 5.41 Å². The third kappa shape index (κ3) is 4.11. The highest BCUT2D eigenvalue weighted by molar-refractivity contribution is 5.75. The molecule has 0 spiro atoms. The lowest BCUT2D eigenvalue weighted by Gasteiger charge is -2.19. The van der Waals surface area contributed by atoms with Crippen LogP contribution < -0.4 is 0 Å². The van der Waals surface area contributed by atoms with Gasteiger partial charge < -0.3 is 4.74 Å². The first-order valence-electron chi connectivity index (χ1n) is 4.68. The second kappa shape index (κ2) is 5.05. The van der Waals surface area contributed by atoms with Crippen molar-refractivity contribution in [2.24, 2.45) is 5.41 Å². The summed E-state index contributed by atoms with van der Waals surface area (Å²) < 4.78 is 4.71. The fourth-order valence-corrected chi connectivity index (χ4v) is 0.933. The van der Waals surface area contributed by atoms with E-state index in [2.05, 4.69) is 19.9 Å². The van der Waals surface area contributed by atoms with Crippen LogP contribution in [0.1, 0.15) is 40.5 Å². The maximum Gasteiger partial charge on any atom is 0.311 e. The quantitative estimate of drug-likeness (QED) is 0.496. The minimum Gasteiger partial charge on any atom is -0.469 e. The number of hydrogen-bond donors (Lipinski definition) is 0. The van der Waals surface area contributed by atoms with E-state index >= 15 is 0 Å². The first-order valence-corrected chi connectivity index (χ1v) is 4.68. The minimum atomic E-state index is -0.398. The van der Waals surface area contributed by atoms with E-state index in [4.69, 9.17) is 4.74 Å². The summed E-state index contributed by atoms with van der Waals surface area (Å²) in [6.07, 6.45) is 3.90. The van der Waals surface area contributed by atoms with Crippen molar-refractivity contribution >= 4 is 5.97 Å². The highest BCUT2D eigenvalue weighted by atomic mass is 16.5. The van der Waals surface area contributed by atoms with Gasteiger partial charge in [-0.2, -0.15) is 0 Å². The summed E-state index contributed by atoms with van der Waals surface area (Å²) in [5.41, 5.74) is 0.919. The Bertz CT molecular complexity index is 202. The molecule has 0 aliphatic rings. The molecule has 0 N–H and O–H groups in total. The molecule has 0 saturated carbocycles. The topological polar surface area (TPSA) is 26.3 Å². The van der Waals surface area contributed by atoms with Crippen molar-refractivity contribution in [2.45, 2.75) is 40.5 Å². The van der Waals surface area contributed by atoms with Crippen LogP contribution in [0.2, 0.25) is 0 Å². The molecule has 0 atom stereocenters.